The van der Waals surface area contributed by atoms with Gasteiger partial charge in [0.2, 0.25) is 5.85 Å². The summed E-state index contributed by atoms with van der Waals surface area (Å²) in [4.78, 5) is 3.84. The van der Waals surface area contributed by atoms with Crippen molar-refractivity contribution in [1.82, 2.24) is 5.32 Å². The van der Waals surface area contributed by atoms with Crippen molar-refractivity contribution in [3.8, 4) is 0 Å². The van der Waals surface area contributed by atoms with Crippen molar-refractivity contribution in [2.45, 2.75) is 5.85 Å². The highest BCUT2D eigenvalue weighted by Gasteiger charge is 2.23. The molecule has 1 atom stereocenters. The molecule has 62 valence electrons. The molecule has 0 aromatic carbocycles. The Morgan fingerprint density at radius 3 is 2.91 bits per heavy atom. The number of rotatable bonds is 2. The van der Waals surface area contributed by atoms with Gasteiger partial charge in [-0.1, -0.05) is 0 Å². The first-order chi connectivity index (χ1) is 5.20. The predicted molar refractivity (Wildman–Crippen MR) is 40.6 cm³/mol. The summed E-state index contributed by atoms with van der Waals surface area (Å²) in [6.45, 7) is 0. The Hall–Kier alpha value is -1.07. The molecule has 0 radical (unpaired) electrons. The SMILES string of the molecule is COC1=CC(N)(OC)N=CN1. The van der Waals surface area contributed by atoms with Gasteiger partial charge in [0.25, 0.3) is 0 Å². The van der Waals surface area contributed by atoms with Crippen molar-refractivity contribution in [3.05, 3.63) is 12.0 Å². The topological polar surface area (TPSA) is 68.9 Å². The smallest absolute Gasteiger partial charge is 0.240 e. The van der Waals surface area contributed by atoms with Crippen LogP contribution >= 0.6 is 0 Å². The Morgan fingerprint density at radius 1 is 1.64 bits per heavy atom. The third-order valence-corrected chi connectivity index (χ3v) is 1.36. The summed E-state index contributed by atoms with van der Waals surface area (Å²) in [5, 5.41) is 2.75. The predicted octanol–water partition coefficient (Wildman–Crippen LogP) is -0.635. The Labute approximate surface area is 64.9 Å². The van der Waals surface area contributed by atoms with Gasteiger partial charge < -0.3 is 14.8 Å². The van der Waals surface area contributed by atoms with Crippen LogP contribution < -0.4 is 11.1 Å². The molecule has 1 heterocycles. The van der Waals surface area contributed by atoms with Crippen molar-refractivity contribution < 1.29 is 9.47 Å². The van der Waals surface area contributed by atoms with Crippen LogP contribution in [-0.4, -0.2) is 26.4 Å². The van der Waals surface area contributed by atoms with Crippen LogP contribution in [0.25, 0.3) is 0 Å². The second-order valence-corrected chi connectivity index (χ2v) is 2.07. The highest BCUT2D eigenvalue weighted by molar-refractivity contribution is 5.59. The summed E-state index contributed by atoms with van der Waals surface area (Å²) in [6.07, 6.45) is 2.98. The van der Waals surface area contributed by atoms with E-state index >= 15 is 0 Å². The zero-order chi connectivity index (χ0) is 8.32. The third-order valence-electron chi connectivity index (χ3n) is 1.36. The lowest BCUT2D eigenvalue weighted by atomic mass is 10.4. The van der Waals surface area contributed by atoms with Gasteiger partial charge in [-0.25, -0.2) is 4.99 Å². The molecule has 0 aromatic rings. The minimum Gasteiger partial charge on any atom is -0.482 e. The number of nitrogens with one attached hydrogen (secondary N) is 1. The maximum Gasteiger partial charge on any atom is 0.240 e. The van der Waals surface area contributed by atoms with E-state index < -0.39 is 5.85 Å². The Morgan fingerprint density at radius 2 is 2.36 bits per heavy atom. The van der Waals surface area contributed by atoms with Crippen LogP contribution in [-0.2, 0) is 9.47 Å². The first kappa shape index (κ1) is 8.03. The van der Waals surface area contributed by atoms with Crippen molar-refractivity contribution >= 4 is 6.34 Å². The second-order valence-electron chi connectivity index (χ2n) is 2.07. The number of hydrogen-bond donors (Lipinski definition) is 2. The zero-order valence-corrected chi connectivity index (χ0v) is 6.50. The highest BCUT2D eigenvalue weighted by atomic mass is 16.5. The fraction of sp³-hybridized carbons (Fsp3) is 0.500. The van der Waals surface area contributed by atoms with Gasteiger partial charge in [-0.15, -0.1) is 0 Å². The van der Waals surface area contributed by atoms with Gasteiger partial charge in [0, 0.05) is 13.2 Å². The number of methoxy groups -OCH3 is 2. The lowest BCUT2D eigenvalue weighted by molar-refractivity contribution is 0.0396. The van der Waals surface area contributed by atoms with Crippen LogP contribution in [0.4, 0.5) is 0 Å². The molecule has 0 amide bonds. The fourth-order valence-corrected chi connectivity index (χ4v) is 0.693. The van der Waals surface area contributed by atoms with Crippen molar-refractivity contribution in [1.29, 1.82) is 0 Å². The standard InChI is InChI=1S/C6H11N3O2/c1-10-5-3-6(7,11-2)9-4-8-5/h3-4H,7H2,1-2H3,(H,8,9). The molecule has 5 nitrogen and oxygen atoms in total. The van der Waals surface area contributed by atoms with Gasteiger partial charge in [-0.05, 0) is 0 Å². The molecule has 0 spiro atoms. The summed E-state index contributed by atoms with van der Waals surface area (Å²) in [6, 6.07) is 0. The highest BCUT2D eigenvalue weighted by Crippen LogP contribution is 2.10. The van der Waals surface area contributed by atoms with E-state index in [4.69, 9.17) is 15.2 Å². The average Bonchev–Trinajstić information content (AvgIpc) is 2.05. The summed E-state index contributed by atoms with van der Waals surface area (Å²) >= 11 is 0. The lowest BCUT2D eigenvalue weighted by Crippen LogP contribution is -2.42. The van der Waals surface area contributed by atoms with E-state index in [0.29, 0.717) is 5.88 Å². The van der Waals surface area contributed by atoms with Crippen LogP contribution in [0.5, 0.6) is 0 Å². The molecule has 0 saturated heterocycles. The zero-order valence-electron chi connectivity index (χ0n) is 6.50. The number of ether oxygens (including phenoxy) is 2. The van der Waals surface area contributed by atoms with Gasteiger partial charge in [0.15, 0.2) is 5.88 Å². The van der Waals surface area contributed by atoms with Gasteiger partial charge >= 0.3 is 0 Å². The first-order valence-electron chi connectivity index (χ1n) is 3.11. The molecule has 0 saturated carbocycles. The molecular formula is C6H11N3O2. The van der Waals surface area contributed by atoms with Crippen LogP contribution in [0, 0.1) is 0 Å². The third kappa shape index (κ3) is 1.69. The molecule has 0 bridgehead atoms. The van der Waals surface area contributed by atoms with Crippen LogP contribution in [0.3, 0.4) is 0 Å². The van der Waals surface area contributed by atoms with Gasteiger partial charge in [-0.2, -0.15) is 0 Å². The van der Waals surface area contributed by atoms with Crippen LogP contribution in [0.1, 0.15) is 0 Å². The molecular weight excluding hydrogens is 146 g/mol. The number of aliphatic imine (C=N–C) groups is 1. The van der Waals surface area contributed by atoms with Crippen molar-refractivity contribution in [2.75, 3.05) is 14.2 Å². The molecule has 1 unspecified atom stereocenters. The van der Waals surface area contributed by atoms with E-state index in [-0.39, 0.29) is 0 Å². The molecule has 11 heavy (non-hydrogen) atoms. The van der Waals surface area contributed by atoms with Gasteiger partial charge in [0.05, 0.1) is 13.4 Å². The largest absolute Gasteiger partial charge is 0.482 e. The van der Waals surface area contributed by atoms with Crippen LogP contribution in [0.2, 0.25) is 0 Å². The summed E-state index contributed by atoms with van der Waals surface area (Å²) < 4.78 is 9.78. The quantitative estimate of drug-likeness (QED) is 0.523. The minimum atomic E-state index is -1.09. The van der Waals surface area contributed by atoms with E-state index in [0.717, 1.165) is 0 Å². The molecule has 0 aromatic heterocycles. The summed E-state index contributed by atoms with van der Waals surface area (Å²) in [7, 11) is 3.01. The summed E-state index contributed by atoms with van der Waals surface area (Å²) in [5.74, 6) is -0.555. The fourth-order valence-electron chi connectivity index (χ4n) is 0.693. The first-order valence-corrected chi connectivity index (χ1v) is 3.11. The molecule has 1 rings (SSSR count). The molecule has 0 fully saturated rings. The molecule has 0 aliphatic carbocycles. The van der Waals surface area contributed by atoms with Crippen molar-refractivity contribution in [3.63, 3.8) is 0 Å². The number of nitrogens with zero attached hydrogens (tertiary/aromatic N) is 1. The molecule has 5 heteroatoms. The molecule has 1 aliphatic rings. The maximum atomic E-state index is 5.61. The average molecular weight is 157 g/mol. The van der Waals surface area contributed by atoms with Gasteiger partial charge in [-0.3, -0.25) is 5.73 Å². The lowest BCUT2D eigenvalue weighted by Gasteiger charge is -2.23. The maximum absolute atomic E-state index is 5.61. The Bertz CT molecular complexity index is 202. The second kappa shape index (κ2) is 2.89. The van der Waals surface area contributed by atoms with E-state index in [9.17, 15) is 0 Å². The molecule has 3 N–H and O–H groups in total. The number of nitrogens with two attached hydrogens (primary N) is 1. The summed E-state index contributed by atoms with van der Waals surface area (Å²) in [5.41, 5.74) is 5.61. The van der Waals surface area contributed by atoms with Crippen LogP contribution in [0.15, 0.2) is 17.0 Å². The van der Waals surface area contributed by atoms with E-state index in [1.807, 2.05) is 0 Å². The monoisotopic (exact) mass is 157 g/mol. The normalized spacial score (nSPS) is 29.2. The van der Waals surface area contributed by atoms with E-state index in [1.165, 1.54) is 20.6 Å². The minimum absolute atomic E-state index is 0.532. The molecule has 1 aliphatic heterocycles. The van der Waals surface area contributed by atoms with E-state index in [2.05, 4.69) is 10.3 Å². The number of hydrogen-bond acceptors (Lipinski definition) is 5. The van der Waals surface area contributed by atoms with Gasteiger partial charge in [0.1, 0.15) is 0 Å². The van der Waals surface area contributed by atoms with E-state index in [1.54, 1.807) is 6.08 Å². The Balaban J connectivity index is 2.75. The Kier molecular flexibility index (Phi) is 2.11. The van der Waals surface area contributed by atoms with Crippen molar-refractivity contribution in [2.24, 2.45) is 10.7 Å².